The van der Waals surface area contributed by atoms with Gasteiger partial charge in [0.1, 0.15) is 11.9 Å². The van der Waals surface area contributed by atoms with Gasteiger partial charge in [0.05, 0.1) is 11.9 Å². The third-order valence-corrected chi connectivity index (χ3v) is 10.9. The standard InChI is InChI=1S/C28H40N2O4S/c1-6-26(4)12-22(34-23(32)16-35-20-11-19(13-29)14-30-15-20)27(5)17(2)7-9-28(18(3)25(26)33)10-8-21(31)24(27)28/h6,11,14-15,17-18,22,24-25,33H,1,7-10,12-13,16,29H2,2-5H3/t17-,18+,22-,24?,25+,26-,27+,28+/m1/s1. The third kappa shape index (κ3) is 4.27. The topological polar surface area (TPSA) is 103 Å². The monoisotopic (exact) mass is 500 g/mol. The van der Waals surface area contributed by atoms with E-state index in [9.17, 15) is 14.7 Å². The summed E-state index contributed by atoms with van der Waals surface area (Å²) < 4.78 is 6.28. The summed E-state index contributed by atoms with van der Waals surface area (Å²) in [5, 5.41) is 11.6. The van der Waals surface area contributed by atoms with Crippen LogP contribution in [0.3, 0.4) is 0 Å². The molecule has 7 heteroatoms. The maximum atomic E-state index is 13.5. The van der Waals surface area contributed by atoms with Crippen molar-refractivity contribution in [1.29, 1.82) is 0 Å². The molecule has 3 fully saturated rings. The number of esters is 1. The van der Waals surface area contributed by atoms with Crippen LogP contribution in [0.5, 0.6) is 0 Å². The van der Waals surface area contributed by atoms with Gasteiger partial charge in [-0.2, -0.15) is 0 Å². The van der Waals surface area contributed by atoms with Crippen molar-refractivity contribution >= 4 is 23.5 Å². The van der Waals surface area contributed by atoms with Gasteiger partial charge >= 0.3 is 5.97 Å². The van der Waals surface area contributed by atoms with Gasteiger partial charge in [-0.1, -0.05) is 33.8 Å². The zero-order valence-electron chi connectivity index (χ0n) is 21.5. The first-order valence-corrected chi connectivity index (χ1v) is 13.8. The molecule has 35 heavy (non-hydrogen) atoms. The summed E-state index contributed by atoms with van der Waals surface area (Å²) in [6.07, 6.45) is 7.78. The number of pyridine rings is 1. The van der Waals surface area contributed by atoms with Crippen LogP contribution < -0.4 is 5.73 Å². The number of nitrogens with zero attached hydrogens (tertiary/aromatic N) is 1. The molecule has 3 saturated carbocycles. The average Bonchev–Trinajstić information content (AvgIpc) is 3.21. The van der Waals surface area contributed by atoms with E-state index in [1.54, 1.807) is 12.4 Å². The van der Waals surface area contributed by atoms with E-state index in [0.29, 0.717) is 19.4 Å². The van der Waals surface area contributed by atoms with Gasteiger partial charge in [-0.05, 0) is 54.6 Å². The maximum absolute atomic E-state index is 13.5. The minimum absolute atomic E-state index is 0.0386. The van der Waals surface area contributed by atoms with Crippen molar-refractivity contribution in [3.05, 3.63) is 36.7 Å². The molecular weight excluding hydrogens is 460 g/mol. The van der Waals surface area contributed by atoms with Crippen LogP contribution in [0.2, 0.25) is 0 Å². The van der Waals surface area contributed by atoms with E-state index in [4.69, 9.17) is 10.5 Å². The number of thioether (sulfide) groups is 1. The lowest BCUT2D eigenvalue weighted by atomic mass is 9.44. The second kappa shape index (κ2) is 9.64. The van der Waals surface area contributed by atoms with Crippen LogP contribution in [-0.2, 0) is 20.9 Å². The smallest absolute Gasteiger partial charge is 0.316 e. The summed E-state index contributed by atoms with van der Waals surface area (Å²) in [6.45, 7) is 12.9. The molecule has 0 amide bonds. The van der Waals surface area contributed by atoms with Crippen LogP contribution in [0.15, 0.2) is 36.0 Å². The van der Waals surface area contributed by atoms with Crippen LogP contribution in [-0.4, -0.2) is 39.8 Å². The highest BCUT2D eigenvalue weighted by molar-refractivity contribution is 8.00. The normalized spacial score (nSPS) is 41.0. The number of aliphatic hydroxyl groups is 1. The Morgan fingerprint density at radius 2 is 2.09 bits per heavy atom. The third-order valence-electron chi connectivity index (χ3n) is 9.94. The summed E-state index contributed by atoms with van der Waals surface area (Å²) in [7, 11) is 0. The molecule has 4 rings (SSSR count). The molecule has 2 bridgehead atoms. The molecule has 6 nitrogen and oxygen atoms in total. The van der Waals surface area contributed by atoms with Crippen molar-refractivity contribution in [2.45, 2.75) is 83.4 Å². The number of carbonyl (C=O) groups is 2. The Labute approximate surface area is 213 Å². The van der Waals surface area contributed by atoms with Crippen molar-refractivity contribution in [2.75, 3.05) is 5.75 Å². The summed E-state index contributed by atoms with van der Waals surface area (Å²) in [6, 6.07) is 1.93. The first-order valence-electron chi connectivity index (χ1n) is 12.8. The molecule has 1 heterocycles. The van der Waals surface area contributed by atoms with Crippen LogP contribution in [0.4, 0.5) is 0 Å². The molecular formula is C28H40N2O4S. The number of nitrogens with two attached hydrogens (primary N) is 1. The molecule has 3 aliphatic rings. The van der Waals surface area contributed by atoms with Crippen LogP contribution >= 0.6 is 11.8 Å². The molecule has 3 N–H and O–H groups in total. The Bertz CT molecular complexity index is 1000. The van der Waals surface area contributed by atoms with Crippen LogP contribution in [0, 0.1) is 34.0 Å². The van der Waals surface area contributed by atoms with E-state index in [2.05, 4.69) is 32.3 Å². The lowest BCUT2D eigenvalue weighted by Gasteiger charge is -2.61. The SMILES string of the molecule is C=C[C@]1(C)C[C@@H](OC(=O)CSc2cncc(CN)c2)[C@@]2(C)C3C(=O)CC[C@@]3(CC[C@H]2C)[C@@H](C)[C@@H]1O. The summed E-state index contributed by atoms with van der Waals surface area (Å²) in [5.41, 5.74) is 5.24. The highest BCUT2D eigenvalue weighted by Gasteiger charge is 2.68. The van der Waals surface area contributed by atoms with Crippen molar-refractivity contribution in [3.8, 4) is 0 Å². The van der Waals surface area contributed by atoms with Gasteiger partial charge in [-0.3, -0.25) is 14.6 Å². The predicted octanol–water partition coefficient (Wildman–Crippen LogP) is 4.54. The fourth-order valence-electron chi connectivity index (χ4n) is 7.49. The predicted molar refractivity (Wildman–Crippen MR) is 137 cm³/mol. The molecule has 1 aromatic heterocycles. The van der Waals surface area contributed by atoms with Crippen molar-refractivity contribution in [1.82, 2.24) is 4.98 Å². The Morgan fingerprint density at radius 1 is 1.34 bits per heavy atom. The number of aromatic nitrogens is 1. The van der Waals surface area contributed by atoms with Gasteiger partial charge in [-0.15, -0.1) is 18.3 Å². The zero-order valence-corrected chi connectivity index (χ0v) is 22.3. The maximum Gasteiger partial charge on any atom is 0.316 e. The van der Waals surface area contributed by atoms with E-state index < -0.39 is 23.0 Å². The summed E-state index contributed by atoms with van der Waals surface area (Å²) >= 11 is 1.38. The molecule has 0 spiro atoms. The summed E-state index contributed by atoms with van der Waals surface area (Å²) in [5.74, 6) is 0.0552. The Hall–Kier alpha value is -1.70. The number of ketones is 1. The van der Waals surface area contributed by atoms with Crippen molar-refractivity contribution < 1.29 is 19.4 Å². The van der Waals surface area contributed by atoms with Gasteiger partial charge in [0, 0.05) is 47.0 Å². The first kappa shape index (κ1) is 26.4. The first-order chi connectivity index (χ1) is 16.5. The number of aliphatic hydroxyl groups excluding tert-OH is 1. The average molecular weight is 501 g/mol. The van der Waals surface area contributed by atoms with E-state index in [1.807, 2.05) is 19.1 Å². The van der Waals surface area contributed by atoms with E-state index >= 15 is 0 Å². The molecule has 0 saturated heterocycles. The second-order valence-electron chi connectivity index (χ2n) is 11.6. The number of hydrogen-bond donors (Lipinski definition) is 2. The molecule has 1 aromatic rings. The molecule has 0 radical (unpaired) electrons. The molecule has 8 atom stereocenters. The van der Waals surface area contributed by atoms with Gasteiger partial charge in [0.25, 0.3) is 0 Å². The minimum Gasteiger partial charge on any atom is -0.461 e. The Kier molecular flexibility index (Phi) is 7.26. The number of Topliss-reactive ketones (excluding diaryl/α,β-unsaturated/α-hetero) is 1. The number of hydrogen-bond acceptors (Lipinski definition) is 7. The van der Waals surface area contributed by atoms with Crippen molar-refractivity contribution in [3.63, 3.8) is 0 Å². The fourth-order valence-corrected chi connectivity index (χ4v) is 8.21. The lowest BCUT2D eigenvalue weighted by Crippen LogP contribution is -2.63. The van der Waals surface area contributed by atoms with E-state index in [0.717, 1.165) is 29.7 Å². The van der Waals surface area contributed by atoms with Crippen LogP contribution in [0.25, 0.3) is 0 Å². The van der Waals surface area contributed by atoms with Gasteiger partial charge in [0.15, 0.2) is 0 Å². The van der Waals surface area contributed by atoms with Crippen molar-refractivity contribution in [2.24, 2.45) is 39.7 Å². The number of ether oxygens (including phenoxy) is 1. The zero-order chi connectivity index (χ0) is 25.6. The minimum atomic E-state index is -0.660. The van der Waals surface area contributed by atoms with Gasteiger partial charge in [0.2, 0.25) is 0 Å². The van der Waals surface area contributed by atoms with Gasteiger partial charge < -0.3 is 15.6 Å². The van der Waals surface area contributed by atoms with Gasteiger partial charge in [-0.25, -0.2) is 0 Å². The summed E-state index contributed by atoms with van der Waals surface area (Å²) in [4.78, 5) is 31.7. The molecule has 192 valence electrons. The molecule has 0 aromatic carbocycles. The Morgan fingerprint density at radius 3 is 2.77 bits per heavy atom. The molecule has 1 unspecified atom stereocenters. The van der Waals surface area contributed by atoms with E-state index in [-0.39, 0.29) is 40.7 Å². The highest BCUT2D eigenvalue weighted by atomic mass is 32.2. The largest absolute Gasteiger partial charge is 0.461 e. The lowest BCUT2D eigenvalue weighted by molar-refractivity contribution is -0.205. The van der Waals surface area contributed by atoms with Crippen LogP contribution in [0.1, 0.15) is 65.4 Å². The molecule has 0 aliphatic heterocycles. The highest BCUT2D eigenvalue weighted by Crippen LogP contribution is 2.68. The molecule has 3 aliphatic carbocycles. The number of rotatable bonds is 6. The van der Waals surface area contributed by atoms with E-state index in [1.165, 1.54) is 11.8 Å². The fraction of sp³-hybridized carbons (Fsp3) is 0.679. The Balaban J connectivity index is 1.66. The quantitative estimate of drug-likeness (QED) is 0.336. The number of carbonyl (C=O) groups excluding carboxylic acids is 2. The second-order valence-corrected chi connectivity index (χ2v) is 12.6.